The number of nitrogens with zero attached hydrogens (tertiary/aromatic N) is 2. The van der Waals surface area contributed by atoms with Crippen LogP contribution in [0.1, 0.15) is 27.2 Å². The minimum atomic E-state index is -3.09. The van der Waals surface area contributed by atoms with E-state index in [1.165, 1.54) is 10.6 Å². The number of hydrogen-bond acceptors (Lipinski definition) is 3. The summed E-state index contributed by atoms with van der Waals surface area (Å²) in [4.78, 5) is 13.9. The lowest BCUT2D eigenvalue weighted by molar-refractivity contribution is -0.151. The van der Waals surface area contributed by atoms with Gasteiger partial charge in [-0.3, -0.25) is 4.79 Å². The second kappa shape index (κ2) is 3.93. The van der Waals surface area contributed by atoms with Crippen LogP contribution in [0.25, 0.3) is 0 Å². The van der Waals surface area contributed by atoms with Crippen LogP contribution in [0, 0.1) is 10.8 Å². The molecule has 5 nitrogen and oxygen atoms in total. The summed E-state index contributed by atoms with van der Waals surface area (Å²) in [6.45, 7) is 8.31. The lowest BCUT2D eigenvalue weighted by atomic mass is 9.77. The Labute approximate surface area is 109 Å². The molecule has 2 saturated heterocycles. The molecule has 0 aliphatic carbocycles. The second-order valence-corrected chi connectivity index (χ2v) is 8.74. The molecule has 0 aromatic heterocycles. The van der Waals surface area contributed by atoms with Crippen molar-refractivity contribution in [3.63, 3.8) is 0 Å². The highest BCUT2D eigenvalue weighted by Gasteiger charge is 2.52. The molecule has 104 valence electrons. The molecule has 2 fully saturated rings. The number of likely N-dealkylation sites (tertiary alicyclic amines) is 1. The van der Waals surface area contributed by atoms with Crippen molar-refractivity contribution in [1.82, 2.24) is 9.21 Å². The second-order valence-electron chi connectivity index (χ2n) is 6.76. The van der Waals surface area contributed by atoms with E-state index in [9.17, 15) is 13.2 Å². The summed E-state index contributed by atoms with van der Waals surface area (Å²) in [7, 11) is -3.09. The van der Waals surface area contributed by atoms with Crippen molar-refractivity contribution in [1.29, 1.82) is 0 Å². The molecule has 0 bridgehead atoms. The van der Waals surface area contributed by atoms with Crippen LogP contribution in [0.15, 0.2) is 0 Å². The van der Waals surface area contributed by atoms with Gasteiger partial charge >= 0.3 is 0 Å². The molecule has 18 heavy (non-hydrogen) atoms. The van der Waals surface area contributed by atoms with Crippen LogP contribution in [0.2, 0.25) is 0 Å². The Morgan fingerprint density at radius 1 is 1.17 bits per heavy atom. The predicted molar refractivity (Wildman–Crippen MR) is 69.5 cm³/mol. The van der Waals surface area contributed by atoms with E-state index < -0.39 is 10.0 Å². The van der Waals surface area contributed by atoms with E-state index in [4.69, 9.17) is 0 Å². The fourth-order valence-electron chi connectivity index (χ4n) is 2.82. The predicted octanol–water partition coefficient (Wildman–Crippen LogP) is 0.526. The molecule has 2 rings (SSSR count). The van der Waals surface area contributed by atoms with Gasteiger partial charge in [-0.15, -0.1) is 0 Å². The zero-order chi connectivity index (χ0) is 13.8. The first-order chi connectivity index (χ1) is 8.04. The van der Waals surface area contributed by atoms with Crippen LogP contribution in [-0.2, 0) is 14.8 Å². The van der Waals surface area contributed by atoms with Crippen molar-refractivity contribution in [2.24, 2.45) is 10.8 Å². The number of carbonyl (C=O) groups is 1. The van der Waals surface area contributed by atoms with E-state index in [0.29, 0.717) is 26.2 Å². The Kier molecular flexibility index (Phi) is 3.02. The third kappa shape index (κ3) is 2.40. The Morgan fingerprint density at radius 2 is 1.72 bits per heavy atom. The molecule has 0 aromatic carbocycles. The van der Waals surface area contributed by atoms with Gasteiger partial charge in [0.2, 0.25) is 15.9 Å². The summed E-state index contributed by atoms with van der Waals surface area (Å²) in [5.74, 6) is 0.158. The van der Waals surface area contributed by atoms with Gasteiger partial charge in [-0.05, 0) is 6.42 Å². The lowest BCUT2D eigenvalue weighted by Gasteiger charge is -2.49. The van der Waals surface area contributed by atoms with Crippen LogP contribution < -0.4 is 0 Å². The van der Waals surface area contributed by atoms with Crippen molar-refractivity contribution in [3.05, 3.63) is 0 Å². The van der Waals surface area contributed by atoms with E-state index in [0.717, 1.165) is 6.42 Å². The van der Waals surface area contributed by atoms with Gasteiger partial charge in [0, 0.05) is 37.0 Å². The van der Waals surface area contributed by atoms with E-state index in [1.54, 1.807) is 0 Å². The normalized spacial score (nSPS) is 24.3. The largest absolute Gasteiger partial charge is 0.341 e. The van der Waals surface area contributed by atoms with Crippen molar-refractivity contribution in [2.45, 2.75) is 27.2 Å². The first-order valence-corrected chi connectivity index (χ1v) is 8.13. The molecule has 0 atom stereocenters. The number of hydrogen-bond donors (Lipinski definition) is 0. The molecule has 0 radical (unpaired) electrons. The van der Waals surface area contributed by atoms with Gasteiger partial charge in [0.05, 0.1) is 6.26 Å². The molecular formula is C12H22N2O3S. The van der Waals surface area contributed by atoms with Crippen LogP contribution in [-0.4, -0.2) is 56.0 Å². The zero-order valence-electron chi connectivity index (χ0n) is 11.6. The van der Waals surface area contributed by atoms with E-state index in [2.05, 4.69) is 0 Å². The average molecular weight is 274 g/mol. The Morgan fingerprint density at radius 3 is 2.11 bits per heavy atom. The Hall–Kier alpha value is -0.620. The monoisotopic (exact) mass is 274 g/mol. The summed E-state index contributed by atoms with van der Waals surface area (Å²) in [6.07, 6.45) is 2.12. The summed E-state index contributed by atoms with van der Waals surface area (Å²) >= 11 is 0. The minimum Gasteiger partial charge on any atom is -0.341 e. The van der Waals surface area contributed by atoms with Crippen LogP contribution in [0.5, 0.6) is 0 Å². The maximum absolute atomic E-state index is 12.1. The van der Waals surface area contributed by atoms with Gasteiger partial charge in [-0.1, -0.05) is 20.8 Å². The third-order valence-corrected chi connectivity index (χ3v) is 5.10. The molecule has 0 unspecified atom stereocenters. The highest BCUT2D eigenvalue weighted by atomic mass is 32.2. The Bertz CT molecular complexity index is 458. The summed E-state index contributed by atoms with van der Waals surface area (Å²) in [5, 5.41) is 0. The quantitative estimate of drug-likeness (QED) is 0.701. The van der Waals surface area contributed by atoms with Crippen molar-refractivity contribution in [3.8, 4) is 0 Å². The molecule has 6 heteroatoms. The lowest BCUT2D eigenvalue weighted by Crippen LogP contribution is -2.61. The van der Waals surface area contributed by atoms with Crippen LogP contribution >= 0.6 is 0 Å². The molecule has 0 saturated carbocycles. The molecular weight excluding hydrogens is 252 g/mol. The average Bonchev–Trinajstić information content (AvgIpc) is 2.56. The minimum absolute atomic E-state index is 0.0178. The van der Waals surface area contributed by atoms with Gasteiger partial charge in [0.15, 0.2) is 0 Å². The fourth-order valence-corrected chi connectivity index (χ4v) is 3.75. The number of rotatable bonds is 1. The standard InChI is InChI=1S/C12H22N2O3S/c1-11(2,3)10(15)13-7-12(8-13)5-6-14(9-12)18(4,16)17/h5-9H2,1-4H3. The molecule has 0 N–H and O–H groups in total. The summed E-state index contributed by atoms with van der Waals surface area (Å²) in [5.41, 5.74) is -0.333. The number of carbonyl (C=O) groups excluding carboxylic acids is 1. The van der Waals surface area contributed by atoms with Crippen molar-refractivity contribution >= 4 is 15.9 Å². The van der Waals surface area contributed by atoms with Gasteiger partial charge in [-0.25, -0.2) is 12.7 Å². The van der Waals surface area contributed by atoms with Crippen molar-refractivity contribution < 1.29 is 13.2 Å². The molecule has 0 aromatic rings. The fraction of sp³-hybridized carbons (Fsp3) is 0.917. The topological polar surface area (TPSA) is 57.7 Å². The number of sulfonamides is 1. The van der Waals surface area contributed by atoms with E-state index >= 15 is 0 Å². The van der Waals surface area contributed by atoms with Gasteiger partial charge in [0.25, 0.3) is 0 Å². The Balaban J connectivity index is 1.96. The van der Waals surface area contributed by atoms with Crippen LogP contribution in [0.3, 0.4) is 0 Å². The van der Waals surface area contributed by atoms with Gasteiger partial charge in [0.1, 0.15) is 0 Å². The SMILES string of the molecule is CC(C)(C)C(=O)N1CC2(CCN(S(C)(=O)=O)C2)C1. The van der Waals surface area contributed by atoms with Gasteiger partial charge in [-0.2, -0.15) is 0 Å². The first-order valence-electron chi connectivity index (χ1n) is 6.28. The van der Waals surface area contributed by atoms with E-state index in [-0.39, 0.29) is 16.7 Å². The number of amides is 1. The van der Waals surface area contributed by atoms with Gasteiger partial charge < -0.3 is 4.90 Å². The summed E-state index contributed by atoms with van der Waals surface area (Å²) in [6, 6.07) is 0. The third-order valence-electron chi connectivity index (χ3n) is 3.85. The maximum atomic E-state index is 12.1. The highest BCUT2D eigenvalue weighted by molar-refractivity contribution is 7.88. The molecule has 2 aliphatic heterocycles. The van der Waals surface area contributed by atoms with Crippen LogP contribution in [0.4, 0.5) is 0 Å². The zero-order valence-corrected chi connectivity index (χ0v) is 12.4. The molecule has 1 spiro atoms. The molecule has 1 amide bonds. The maximum Gasteiger partial charge on any atom is 0.227 e. The molecule has 2 heterocycles. The van der Waals surface area contributed by atoms with Crippen molar-refractivity contribution in [2.75, 3.05) is 32.4 Å². The van der Waals surface area contributed by atoms with E-state index in [1.807, 2.05) is 25.7 Å². The first kappa shape index (κ1) is 13.8. The highest BCUT2D eigenvalue weighted by Crippen LogP contribution is 2.41. The smallest absolute Gasteiger partial charge is 0.227 e. The molecule has 2 aliphatic rings. The summed E-state index contributed by atoms with van der Waals surface area (Å²) < 4.78 is 24.5.